The van der Waals surface area contributed by atoms with Crippen LogP contribution in [-0.4, -0.2) is 26.0 Å². The normalized spacial score (nSPS) is 13.8. The van der Waals surface area contributed by atoms with Gasteiger partial charge in [0.05, 0.1) is 30.5 Å². The van der Waals surface area contributed by atoms with Crippen molar-refractivity contribution in [3.05, 3.63) is 75.6 Å². The number of nitrogens with zero attached hydrogens (tertiary/aromatic N) is 1. The van der Waals surface area contributed by atoms with Crippen molar-refractivity contribution in [2.75, 3.05) is 24.4 Å². The minimum Gasteiger partial charge on any atom is -0.497 e. The van der Waals surface area contributed by atoms with Gasteiger partial charge in [-0.05, 0) is 41.8 Å². The molecular weight excluding hydrogens is 424 g/mol. The van der Waals surface area contributed by atoms with Gasteiger partial charge in [0.1, 0.15) is 17.2 Å². The van der Waals surface area contributed by atoms with E-state index in [1.807, 2.05) is 17.5 Å². The average molecular weight is 441 g/mol. The van der Waals surface area contributed by atoms with Crippen molar-refractivity contribution in [1.82, 2.24) is 0 Å². The summed E-state index contributed by atoms with van der Waals surface area (Å²) in [6.07, 6.45) is 0. The zero-order chi connectivity index (χ0) is 21.3. The number of carbonyl (C=O) groups excluding carboxylic acids is 2. The summed E-state index contributed by atoms with van der Waals surface area (Å²) in [4.78, 5) is 28.5. The fourth-order valence-corrected chi connectivity index (χ4v) is 4.19. The largest absolute Gasteiger partial charge is 0.497 e. The van der Waals surface area contributed by atoms with Gasteiger partial charge in [0.15, 0.2) is 0 Å². The minimum absolute atomic E-state index is 0.197. The molecule has 2 amide bonds. The number of amides is 2. The first-order valence-electron chi connectivity index (χ1n) is 8.95. The maximum Gasteiger partial charge on any atom is 0.282 e. The average Bonchev–Trinajstić information content (AvgIpc) is 3.35. The van der Waals surface area contributed by atoms with Gasteiger partial charge in [0, 0.05) is 16.6 Å². The van der Waals surface area contributed by atoms with Crippen LogP contribution in [0.3, 0.4) is 0 Å². The third kappa shape index (κ3) is 3.53. The highest BCUT2D eigenvalue weighted by atomic mass is 35.5. The SMILES string of the molecule is COc1cccc(NC2=C(c3cccs3)C(=O)N(c3ccc(OC)c(Cl)c3)C2=O)c1. The maximum absolute atomic E-state index is 13.3. The minimum atomic E-state index is -0.465. The first kappa shape index (κ1) is 20.0. The number of benzene rings is 2. The van der Waals surface area contributed by atoms with Gasteiger partial charge in [-0.15, -0.1) is 11.3 Å². The third-order valence-electron chi connectivity index (χ3n) is 4.58. The number of anilines is 2. The molecule has 0 fully saturated rings. The van der Waals surface area contributed by atoms with E-state index in [1.165, 1.54) is 24.5 Å². The molecule has 6 nitrogen and oxygen atoms in total. The monoisotopic (exact) mass is 440 g/mol. The number of carbonyl (C=O) groups is 2. The van der Waals surface area contributed by atoms with Crippen LogP contribution in [0.5, 0.6) is 11.5 Å². The maximum atomic E-state index is 13.3. The van der Waals surface area contributed by atoms with Crippen molar-refractivity contribution in [1.29, 1.82) is 0 Å². The summed E-state index contributed by atoms with van der Waals surface area (Å²) < 4.78 is 10.4. The van der Waals surface area contributed by atoms with E-state index in [-0.39, 0.29) is 5.70 Å². The molecule has 152 valence electrons. The topological polar surface area (TPSA) is 67.9 Å². The molecule has 0 saturated heterocycles. The van der Waals surface area contributed by atoms with E-state index in [9.17, 15) is 9.59 Å². The number of hydrogen-bond acceptors (Lipinski definition) is 6. The van der Waals surface area contributed by atoms with Gasteiger partial charge in [-0.2, -0.15) is 0 Å². The van der Waals surface area contributed by atoms with Gasteiger partial charge in [-0.25, -0.2) is 4.90 Å². The second-order valence-corrected chi connectivity index (χ2v) is 7.70. The molecule has 0 unspecified atom stereocenters. The van der Waals surface area contributed by atoms with E-state index in [0.717, 1.165) is 4.90 Å². The van der Waals surface area contributed by atoms with Crippen LogP contribution in [0.1, 0.15) is 4.88 Å². The molecule has 0 atom stereocenters. The molecule has 1 aliphatic rings. The van der Waals surface area contributed by atoms with Crippen LogP contribution in [0.4, 0.5) is 11.4 Å². The highest BCUT2D eigenvalue weighted by molar-refractivity contribution is 7.11. The summed E-state index contributed by atoms with van der Waals surface area (Å²) in [5.41, 5.74) is 1.51. The number of imide groups is 1. The molecule has 30 heavy (non-hydrogen) atoms. The number of ether oxygens (including phenoxy) is 2. The lowest BCUT2D eigenvalue weighted by Gasteiger charge is -2.16. The fourth-order valence-electron chi connectivity index (χ4n) is 3.17. The van der Waals surface area contributed by atoms with Gasteiger partial charge in [0.25, 0.3) is 11.8 Å². The van der Waals surface area contributed by atoms with Crippen LogP contribution < -0.4 is 19.7 Å². The molecule has 4 rings (SSSR count). The van der Waals surface area contributed by atoms with Crippen LogP contribution in [0.15, 0.2) is 65.7 Å². The third-order valence-corrected chi connectivity index (χ3v) is 5.77. The van der Waals surface area contributed by atoms with Crippen LogP contribution in [-0.2, 0) is 9.59 Å². The predicted molar refractivity (Wildman–Crippen MR) is 118 cm³/mol. The molecule has 8 heteroatoms. The van der Waals surface area contributed by atoms with E-state index in [4.69, 9.17) is 21.1 Å². The van der Waals surface area contributed by atoms with Gasteiger partial charge >= 0.3 is 0 Å². The van der Waals surface area contributed by atoms with Gasteiger partial charge in [-0.1, -0.05) is 23.7 Å². The number of rotatable bonds is 6. The Hall–Kier alpha value is -3.29. The number of hydrogen-bond donors (Lipinski definition) is 1. The smallest absolute Gasteiger partial charge is 0.282 e. The predicted octanol–water partition coefficient (Wildman–Crippen LogP) is 4.82. The summed E-state index contributed by atoms with van der Waals surface area (Å²) in [5.74, 6) is 0.205. The highest BCUT2D eigenvalue weighted by Crippen LogP contribution is 2.38. The lowest BCUT2D eigenvalue weighted by molar-refractivity contribution is -0.120. The summed E-state index contributed by atoms with van der Waals surface area (Å²) in [5, 5.41) is 5.27. The summed E-state index contributed by atoms with van der Waals surface area (Å²) in [6, 6.07) is 15.6. The Morgan fingerprint density at radius 3 is 2.47 bits per heavy atom. The Labute approximate surface area is 182 Å². The molecule has 0 spiro atoms. The zero-order valence-electron chi connectivity index (χ0n) is 16.1. The number of thiophene rings is 1. The fraction of sp³-hybridized carbons (Fsp3) is 0.0909. The molecule has 0 aliphatic carbocycles. The van der Waals surface area contributed by atoms with Crippen LogP contribution >= 0.6 is 22.9 Å². The van der Waals surface area contributed by atoms with Crippen LogP contribution in [0.25, 0.3) is 5.57 Å². The first-order valence-corrected chi connectivity index (χ1v) is 10.2. The lowest BCUT2D eigenvalue weighted by Crippen LogP contribution is -2.32. The summed E-state index contributed by atoms with van der Waals surface area (Å²) in [6.45, 7) is 0. The second-order valence-electron chi connectivity index (χ2n) is 6.35. The van der Waals surface area contributed by atoms with E-state index in [0.29, 0.717) is 38.3 Å². The molecule has 3 aromatic rings. The van der Waals surface area contributed by atoms with Crippen LogP contribution in [0, 0.1) is 0 Å². The quantitative estimate of drug-likeness (QED) is 0.557. The van der Waals surface area contributed by atoms with Crippen LogP contribution in [0.2, 0.25) is 5.02 Å². The number of halogens is 1. The molecule has 0 saturated carbocycles. The molecule has 1 N–H and O–H groups in total. The van der Waals surface area contributed by atoms with Crippen molar-refractivity contribution in [2.45, 2.75) is 0 Å². The van der Waals surface area contributed by atoms with Crippen molar-refractivity contribution in [3.8, 4) is 11.5 Å². The first-order chi connectivity index (χ1) is 14.5. The lowest BCUT2D eigenvalue weighted by atomic mass is 10.2. The number of nitrogens with one attached hydrogen (secondary N) is 1. The van der Waals surface area contributed by atoms with E-state index >= 15 is 0 Å². The Bertz CT molecular complexity index is 1160. The molecular formula is C22H17ClN2O4S. The van der Waals surface area contributed by atoms with E-state index in [1.54, 1.807) is 43.5 Å². The van der Waals surface area contributed by atoms with Crippen molar-refractivity contribution >= 4 is 51.7 Å². The molecule has 1 aromatic heterocycles. The summed E-state index contributed by atoms with van der Waals surface area (Å²) >= 11 is 7.61. The highest BCUT2D eigenvalue weighted by Gasteiger charge is 2.41. The zero-order valence-corrected chi connectivity index (χ0v) is 17.7. The molecule has 0 radical (unpaired) electrons. The standard InChI is InChI=1S/C22H17ClN2O4S/c1-28-15-6-3-5-13(11-15)24-20-19(18-7-4-10-30-18)21(26)25(22(20)27)14-8-9-17(29-2)16(23)12-14/h3-12,24H,1-2H3. The molecule has 2 heterocycles. The Morgan fingerprint density at radius 2 is 1.80 bits per heavy atom. The van der Waals surface area contributed by atoms with E-state index < -0.39 is 11.8 Å². The Balaban J connectivity index is 1.77. The van der Waals surface area contributed by atoms with Gasteiger partial charge in [0.2, 0.25) is 0 Å². The van der Waals surface area contributed by atoms with Crippen molar-refractivity contribution < 1.29 is 19.1 Å². The van der Waals surface area contributed by atoms with Crippen molar-refractivity contribution in [3.63, 3.8) is 0 Å². The Kier molecular flexibility index (Phi) is 5.48. The Morgan fingerprint density at radius 1 is 0.967 bits per heavy atom. The molecule has 2 aromatic carbocycles. The summed E-state index contributed by atoms with van der Waals surface area (Å²) in [7, 11) is 3.06. The molecule has 0 bridgehead atoms. The van der Waals surface area contributed by atoms with Gasteiger partial charge in [-0.3, -0.25) is 9.59 Å². The molecule has 1 aliphatic heterocycles. The van der Waals surface area contributed by atoms with E-state index in [2.05, 4.69) is 5.32 Å². The number of methoxy groups -OCH3 is 2. The van der Waals surface area contributed by atoms with Crippen molar-refractivity contribution in [2.24, 2.45) is 0 Å². The van der Waals surface area contributed by atoms with Gasteiger partial charge < -0.3 is 14.8 Å². The second kappa shape index (κ2) is 8.22.